The van der Waals surface area contributed by atoms with Crippen molar-refractivity contribution in [2.24, 2.45) is 0 Å². The van der Waals surface area contributed by atoms with Crippen LogP contribution in [0.5, 0.6) is 0 Å². The van der Waals surface area contributed by atoms with Crippen molar-refractivity contribution in [1.29, 1.82) is 0 Å². The van der Waals surface area contributed by atoms with E-state index in [1.807, 2.05) is 0 Å². The molecule has 0 aromatic rings. The zero-order chi connectivity index (χ0) is 11.6. The van der Waals surface area contributed by atoms with Crippen molar-refractivity contribution >= 4 is 5.91 Å². The largest absolute Gasteiger partial charge is 0.361 e. The van der Waals surface area contributed by atoms with Crippen molar-refractivity contribution in [3.63, 3.8) is 0 Å². The molecule has 1 aliphatic heterocycles. The fourth-order valence-corrected chi connectivity index (χ4v) is 1.76. The van der Waals surface area contributed by atoms with E-state index < -0.39 is 12.2 Å². The predicted octanol–water partition coefficient (Wildman–Crippen LogP) is -0.760. The van der Waals surface area contributed by atoms with E-state index >= 15 is 0 Å². The Bertz CT molecular complexity index is 227. The molecule has 0 aliphatic carbocycles. The van der Waals surface area contributed by atoms with Gasteiger partial charge in [-0.05, 0) is 20.8 Å². The molecule has 1 saturated heterocycles. The van der Waals surface area contributed by atoms with E-state index in [1.54, 1.807) is 0 Å². The quantitative estimate of drug-likeness (QED) is 0.566. The van der Waals surface area contributed by atoms with Crippen LogP contribution < -0.4 is 0 Å². The lowest BCUT2D eigenvalue weighted by Crippen LogP contribution is -2.56. The van der Waals surface area contributed by atoms with Gasteiger partial charge < -0.3 is 15.1 Å². The number of nitrogens with zero attached hydrogens (tertiary/aromatic N) is 2. The summed E-state index contributed by atoms with van der Waals surface area (Å²) in [5.41, 5.74) is 0.104. The Hall–Kier alpha value is -0.650. The molecule has 0 spiro atoms. The minimum Gasteiger partial charge on any atom is -0.361 e. The highest BCUT2D eigenvalue weighted by Crippen LogP contribution is 2.15. The van der Waals surface area contributed by atoms with E-state index in [4.69, 9.17) is 10.2 Å². The molecule has 5 nitrogen and oxygen atoms in total. The number of amides is 1. The maximum absolute atomic E-state index is 11.3. The zero-order valence-electron chi connectivity index (χ0n) is 9.60. The van der Waals surface area contributed by atoms with Gasteiger partial charge in [0.25, 0.3) is 5.91 Å². The Kier molecular flexibility index (Phi) is 3.70. The number of carbonyl (C=O) groups excluding carboxylic acids is 1. The van der Waals surface area contributed by atoms with E-state index in [0.717, 1.165) is 13.1 Å². The molecule has 0 radical (unpaired) electrons. The molecule has 0 bridgehead atoms. The fourth-order valence-electron chi connectivity index (χ4n) is 1.76. The van der Waals surface area contributed by atoms with Gasteiger partial charge in [0.1, 0.15) is 0 Å². The third-order valence-corrected chi connectivity index (χ3v) is 2.76. The molecule has 5 heteroatoms. The zero-order valence-corrected chi connectivity index (χ0v) is 9.60. The summed E-state index contributed by atoms with van der Waals surface area (Å²) in [6.45, 7) is 9.08. The smallest absolute Gasteiger partial charge is 0.279 e. The number of hydrogen-bond acceptors (Lipinski definition) is 4. The van der Waals surface area contributed by atoms with Gasteiger partial charge in [-0.3, -0.25) is 9.69 Å². The lowest BCUT2D eigenvalue weighted by molar-refractivity contribution is -0.161. The lowest BCUT2D eigenvalue weighted by Gasteiger charge is -2.42. The van der Waals surface area contributed by atoms with Crippen molar-refractivity contribution in [3.05, 3.63) is 0 Å². The summed E-state index contributed by atoms with van der Waals surface area (Å²) < 4.78 is 0. The van der Waals surface area contributed by atoms with Gasteiger partial charge in [0.05, 0.1) is 0 Å². The normalized spacial score (nSPS) is 19.7. The molecule has 1 aliphatic rings. The van der Waals surface area contributed by atoms with E-state index in [9.17, 15) is 4.79 Å². The monoisotopic (exact) mass is 216 g/mol. The third-order valence-electron chi connectivity index (χ3n) is 2.76. The number of carbonyl (C=O) groups is 1. The molecule has 1 amide bonds. The maximum Gasteiger partial charge on any atom is 0.279 e. The van der Waals surface area contributed by atoms with Gasteiger partial charge in [0.2, 0.25) is 6.29 Å². The van der Waals surface area contributed by atoms with Gasteiger partial charge in [-0.25, -0.2) is 0 Å². The van der Waals surface area contributed by atoms with Crippen LogP contribution >= 0.6 is 0 Å². The van der Waals surface area contributed by atoms with Crippen LogP contribution in [0, 0.1) is 0 Å². The summed E-state index contributed by atoms with van der Waals surface area (Å²) in [5, 5.41) is 17.5. The minimum absolute atomic E-state index is 0.104. The fraction of sp³-hybridized carbons (Fsp3) is 0.900. The first-order valence-corrected chi connectivity index (χ1v) is 5.22. The molecule has 0 aromatic carbocycles. The minimum atomic E-state index is -1.87. The topological polar surface area (TPSA) is 64.0 Å². The van der Waals surface area contributed by atoms with Gasteiger partial charge in [0.15, 0.2) is 0 Å². The highest BCUT2D eigenvalue weighted by atomic mass is 16.5. The number of aliphatic hydroxyl groups excluding tert-OH is 1. The SMILES string of the molecule is CC(C)(C)N1CCN(C(=O)C(O)O)CC1. The summed E-state index contributed by atoms with van der Waals surface area (Å²) >= 11 is 0. The van der Waals surface area contributed by atoms with Gasteiger partial charge in [-0.2, -0.15) is 0 Å². The summed E-state index contributed by atoms with van der Waals surface area (Å²) in [6, 6.07) is 0. The van der Waals surface area contributed by atoms with E-state index in [0.29, 0.717) is 13.1 Å². The first kappa shape index (κ1) is 12.4. The molecular formula is C10H20N2O3. The molecule has 0 atom stereocenters. The van der Waals surface area contributed by atoms with Gasteiger partial charge in [-0.1, -0.05) is 0 Å². The molecule has 1 heterocycles. The van der Waals surface area contributed by atoms with E-state index in [-0.39, 0.29) is 5.54 Å². The van der Waals surface area contributed by atoms with Crippen molar-refractivity contribution in [2.75, 3.05) is 26.2 Å². The Labute approximate surface area is 90.3 Å². The van der Waals surface area contributed by atoms with Crippen LogP contribution in [-0.2, 0) is 4.79 Å². The average Bonchev–Trinajstić information content (AvgIpc) is 2.15. The number of piperazine rings is 1. The maximum atomic E-state index is 11.3. The van der Waals surface area contributed by atoms with E-state index in [1.165, 1.54) is 4.90 Å². The molecule has 0 unspecified atom stereocenters. The summed E-state index contributed by atoms with van der Waals surface area (Å²) in [7, 11) is 0. The van der Waals surface area contributed by atoms with Crippen molar-refractivity contribution < 1.29 is 15.0 Å². The van der Waals surface area contributed by atoms with Gasteiger partial charge in [0, 0.05) is 31.7 Å². The Morgan fingerprint density at radius 1 is 1.13 bits per heavy atom. The second kappa shape index (κ2) is 4.47. The number of aliphatic hydroxyl groups is 2. The second-order valence-electron chi connectivity index (χ2n) is 4.86. The third kappa shape index (κ3) is 3.15. The Morgan fingerprint density at radius 2 is 1.60 bits per heavy atom. The molecule has 15 heavy (non-hydrogen) atoms. The first-order chi connectivity index (χ1) is 6.82. The van der Waals surface area contributed by atoms with Crippen LogP contribution in [0.2, 0.25) is 0 Å². The second-order valence-corrected chi connectivity index (χ2v) is 4.86. The van der Waals surface area contributed by atoms with Crippen molar-refractivity contribution in [1.82, 2.24) is 9.80 Å². The summed E-state index contributed by atoms with van der Waals surface area (Å²) in [5.74, 6) is -0.594. The van der Waals surface area contributed by atoms with Crippen LogP contribution in [-0.4, -0.2) is 63.9 Å². The Morgan fingerprint density at radius 3 is 1.93 bits per heavy atom. The molecule has 0 aromatic heterocycles. The van der Waals surface area contributed by atoms with Crippen LogP contribution in [0.4, 0.5) is 0 Å². The lowest BCUT2D eigenvalue weighted by atomic mass is 10.1. The van der Waals surface area contributed by atoms with Crippen LogP contribution in [0.1, 0.15) is 20.8 Å². The van der Waals surface area contributed by atoms with Gasteiger partial charge >= 0.3 is 0 Å². The van der Waals surface area contributed by atoms with Gasteiger partial charge in [-0.15, -0.1) is 0 Å². The van der Waals surface area contributed by atoms with Crippen LogP contribution in [0.15, 0.2) is 0 Å². The van der Waals surface area contributed by atoms with Crippen LogP contribution in [0.25, 0.3) is 0 Å². The predicted molar refractivity (Wildman–Crippen MR) is 56.1 cm³/mol. The van der Waals surface area contributed by atoms with E-state index in [2.05, 4.69) is 25.7 Å². The molecule has 0 saturated carbocycles. The highest BCUT2D eigenvalue weighted by molar-refractivity contribution is 5.79. The first-order valence-electron chi connectivity index (χ1n) is 5.22. The Balaban J connectivity index is 2.46. The molecule has 1 fully saturated rings. The molecule has 88 valence electrons. The number of rotatable bonds is 1. The molecule has 2 N–H and O–H groups in total. The van der Waals surface area contributed by atoms with Crippen molar-refractivity contribution in [2.45, 2.75) is 32.6 Å². The number of hydrogen-bond donors (Lipinski definition) is 2. The van der Waals surface area contributed by atoms with Crippen LogP contribution in [0.3, 0.4) is 0 Å². The summed E-state index contributed by atoms with van der Waals surface area (Å²) in [6.07, 6.45) is -1.87. The average molecular weight is 216 g/mol. The van der Waals surface area contributed by atoms with Crippen molar-refractivity contribution in [3.8, 4) is 0 Å². The summed E-state index contributed by atoms with van der Waals surface area (Å²) in [4.78, 5) is 15.0. The highest BCUT2D eigenvalue weighted by Gasteiger charge is 2.29. The standard InChI is InChI=1S/C10H20N2O3/c1-10(2,3)12-6-4-11(5-7-12)8(13)9(14)15/h9,14-15H,4-7H2,1-3H3. The molecule has 1 rings (SSSR count). The molecular weight excluding hydrogens is 196 g/mol.